The highest BCUT2D eigenvalue weighted by molar-refractivity contribution is 7.22. The Bertz CT molecular complexity index is 1820. The minimum Gasteiger partial charge on any atom is -0.494 e. The van der Waals surface area contributed by atoms with E-state index in [0.717, 1.165) is 61.3 Å². The summed E-state index contributed by atoms with van der Waals surface area (Å²) in [7, 11) is 1.86. The molecule has 0 bridgehead atoms. The summed E-state index contributed by atoms with van der Waals surface area (Å²) < 4.78 is 7.00. The van der Waals surface area contributed by atoms with Crippen LogP contribution >= 0.6 is 22.7 Å². The maximum atomic E-state index is 12.1. The second-order valence-corrected chi connectivity index (χ2v) is 12.3. The van der Waals surface area contributed by atoms with Crippen molar-refractivity contribution in [3.05, 3.63) is 75.8 Å². The minimum atomic E-state index is -1.03. The van der Waals surface area contributed by atoms with Crippen LogP contribution in [0.25, 0.3) is 10.2 Å². The van der Waals surface area contributed by atoms with Crippen LogP contribution in [0.1, 0.15) is 44.9 Å². The van der Waals surface area contributed by atoms with E-state index < -0.39 is 5.97 Å². The summed E-state index contributed by atoms with van der Waals surface area (Å²) in [6.07, 6.45) is 2.95. The first kappa shape index (κ1) is 29.5. The Labute approximate surface area is 263 Å². The molecule has 0 radical (unpaired) electrons. The number of anilines is 4. The van der Waals surface area contributed by atoms with Gasteiger partial charge in [0.25, 0.3) is 0 Å². The number of aromatic carboxylic acids is 1. The van der Waals surface area contributed by atoms with Crippen LogP contribution in [-0.2, 0) is 12.8 Å². The molecule has 6 rings (SSSR count). The number of para-hydroxylation sites is 1. The highest BCUT2D eigenvalue weighted by atomic mass is 32.1. The van der Waals surface area contributed by atoms with Crippen molar-refractivity contribution in [1.82, 2.24) is 25.5 Å². The number of rotatable bonds is 10. The highest BCUT2D eigenvalue weighted by Crippen LogP contribution is 2.39. The van der Waals surface area contributed by atoms with Crippen molar-refractivity contribution >= 4 is 60.8 Å². The summed E-state index contributed by atoms with van der Waals surface area (Å²) in [5.74, 6) is 7.24. The second kappa shape index (κ2) is 13.4. The third-order valence-electron chi connectivity index (χ3n) is 7.19. The van der Waals surface area contributed by atoms with Gasteiger partial charge in [-0.2, -0.15) is 0 Å². The monoisotopic (exact) mass is 625 g/mol. The number of ether oxygens (including phenoxy) is 1. The van der Waals surface area contributed by atoms with E-state index in [1.807, 2.05) is 67.4 Å². The Balaban J connectivity index is 1.14. The average Bonchev–Trinajstić information content (AvgIpc) is 3.65. The van der Waals surface area contributed by atoms with Crippen LogP contribution in [-0.4, -0.2) is 58.0 Å². The SMILES string of the molecule is CNCC#Cc1ccc(OCCCc2sc(N3CCCc4c3nnc(Nc3nc5ccccc5s3)c4C)nc2C(=O)O)cc1. The van der Waals surface area contributed by atoms with Crippen LogP contribution < -0.4 is 20.3 Å². The van der Waals surface area contributed by atoms with Crippen LogP contribution in [0, 0.1) is 18.8 Å². The number of carbonyl (C=O) groups is 1. The molecule has 4 heterocycles. The number of carboxylic acids is 1. The molecule has 0 saturated heterocycles. The molecule has 12 heteroatoms. The van der Waals surface area contributed by atoms with Gasteiger partial charge in [-0.25, -0.2) is 14.8 Å². The molecule has 44 heavy (non-hydrogen) atoms. The maximum absolute atomic E-state index is 12.1. The Morgan fingerprint density at radius 1 is 1.11 bits per heavy atom. The first-order chi connectivity index (χ1) is 21.5. The van der Waals surface area contributed by atoms with Gasteiger partial charge in [-0.15, -0.1) is 21.5 Å². The number of hydrogen-bond acceptors (Lipinski definition) is 11. The van der Waals surface area contributed by atoms with Crippen molar-refractivity contribution in [2.45, 2.75) is 32.6 Å². The van der Waals surface area contributed by atoms with E-state index in [1.165, 1.54) is 11.3 Å². The Kier molecular flexibility index (Phi) is 8.97. The number of aryl methyl sites for hydroxylation is 1. The van der Waals surface area contributed by atoms with Gasteiger partial charge in [-0.05, 0) is 76.1 Å². The van der Waals surface area contributed by atoms with Crippen molar-refractivity contribution in [1.29, 1.82) is 0 Å². The molecular formula is C32H31N7O3S2. The fraction of sp³-hybridized carbons (Fsp3) is 0.281. The molecule has 1 aliphatic rings. The van der Waals surface area contributed by atoms with Gasteiger partial charge < -0.3 is 25.4 Å². The maximum Gasteiger partial charge on any atom is 0.355 e. The lowest BCUT2D eigenvalue weighted by molar-refractivity contribution is 0.0690. The number of nitrogens with one attached hydrogen (secondary N) is 2. The number of aromatic nitrogens is 4. The second-order valence-electron chi connectivity index (χ2n) is 10.2. The van der Waals surface area contributed by atoms with E-state index in [9.17, 15) is 9.90 Å². The van der Waals surface area contributed by atoms with Gasteiger partial charge in [-0.3, -0.25) is 0 Å². The number of fused-ring (bicyclic) bond motifs is 2. The summed E-state index contributed by atoms with van der Waals surface area (Å²) in [4.78, 5) is 24.1. The lowest BCUT2D eigenvalue weighted by Crippen LogP contribution is -2.27. The van der Waals surface area contributed by atoms with Crippen molar-refractivity contribution in [2.75, 3.05) is 37.0 Å². The van der Waals surface area contributed by atoms with E-state index in [-0.39, 0.29) is 5.69 Å². The largest absolute Gasteiger partial charge is 0.494 e. The molecule has 0 spiro atoms. The van der Waals surface area contributed by atoms with Crippen LogP contribution in [0.4, 0.5) is 21.9 Å². The van der Waals surface area contributed by atoms with Crippen LogP contribution in [0.2, 0.25) is 0 Å². The molecular weight excluding hydrogens is 595 g/mol. The van der Waals surface area contributed by atoms with Gasteiger partial charge in [0, 0.05) is 28.1 Å². The lowest BCUT2D eigenvalue weighted by atomic mass is 10.0. The number of thiazole rings is 2. The Morgan fingerprint density at radius 2 is 1.95 bits per heavy atom. The smallest absolute Gasteiger partial charge is 0.355 e. The Morgan fingerprint density at radius 3 is 2.75 bits per heavy atom. The summed E-state index contributed by atoms with van der Waals surface area (Å²) in [6.45, 7) is 3.82. The van der Waals surface area contributed by atoms with Crippen molar-refractivity contribution < 1.29 is 14.6 Å². The van der Waals surface area contributed by atoms with E-state index in [2.05, 4.69) is 42.6 Å². The van der Waals surface area contributed by atoms with E-state index in [0.29, 0.717) is 43.5 Å². The molecule has 0 saturated carbocycles. The summed E-state index contributed by atoms with van der Waals surface area (Å²) >= 11 is 2.97. The van der Waals surface area contributed by atoms with Crippen LogP contribution in [0.5, 0.6) is 5.75 Å². The normalized spacial score (nSPS) is 12.5. The van der Waals surface area contributed by atoms with Gasteiger partial charge >= 0.3 is 5.97 Å². The molecule has 0 unspecified atom stereocenters. The fourth-order valence-electron chi connectivity index (χ4n) is 4.99. The summed E-state index contributed by atoms with van der Waals surface area (Å²) in [6, 6.07) is 15.7. The number of nitrogens with zero attached hydrogens (tertiary/aromatic N) is 5. The number of carboxylic acid groups (broad SMARTS) is 1. The van der Waals surface area contributed by atoms with Crippen molar-refractivity contribution in [3.8, 4) is 17.6 Å². The van der Waals surface area contributed by atoms with Gasteiger partial charge in [-0.1, -0.05) is 35.3 Å². The topological polar surface area (TPSA) is 125 Å². The average molecular weight is 626 g/mol. The minimum absolute atomic E-state index is 0.0837. The quantitative estimate of drug-likeness (QED) is 0.126. The zero-order valence-corrected chi connectivity index (χ0v) is 26.0. The van der Waals surface area contributed by atoms with E-state index in [4.69, 9.17) is 4.74 Å². The number of hydrogen-bond donors (Lipinski definition) is 3. The predicted octanol–water partition coefficient (Wildman–Crippen LogP) is 5.96. The zero-order chi connectivity index (χ0) is 30.5. The van der Waals surface area contributed by atoms with E-state index >= 15 is 0 Å². The summed E-state index contributed by atoms with van der Waals surface area (Å²) in [5.41, 5.74) is 4.03. The first-order valence-corrected chi connectivity index (χ1v) is 16.0. The molecule has 3 aromatic heterocycles. The molecule has 0 fully saturated rings. The van der Waals surface area contributed by atoms with Crippen molar-refractivity contribution in [2.24, 2.45) is 0 Å². The van der Waals surface area contributed by atoms with Crippen LogP contribution in [0.15, 0.2) is 48.5 Å². The molecule has 3 N–H and O–H groups in total. The van der Waals surface area contributed by atoms with Gasteiger partial charge in [0.2, 0.25) is 0 Å². The predicted molar refractivity (Wildman–Crippen MR) is 175 cm³/mol. The van der Waals surface area contributed by atoms with Gasteiger partial charge in [0.15, 0.2) is 27.6 Å². The molecule has 224 valence electrons. The highest BCUT2D eigenvalue weighted by Gasteiger charge is 2.28. The van der Waals surface area contributed by atoms with Gasteiger partial charge in [0.05, 0.1) is 23.4 Å². The first-order valence-electron chi connectivity index (χ1n) is 14.4. The third-order valence-corrected chi connectivity index (χ3v) is 9.28. The molecule has 0 aliphatic carbocycles. The van der Waals surface area contributed by atoms with E-state index in [1.54, 1.807) is 11.3 Å². The zero-order valence-electron chi connectivity index (χ0n) is 24.4. The fourth-order valence-corrected chi connectivity index (χ4v) is 6.98. The standard InChI is InChI=1S/C32H31N7O3S2/c1-20-23-9-6-18-39(29(23)38-37-28(20)36-31-34-24-10-3-4-11-25(24)43-31)32-35-27(30(40)41)26(44-32)12-7-19-42-22-15-13-21(14-16-22)8-5-17-33-2/h3-4,10-11,13-16,33H,6-7,9,12,17-19H2,1-2H3,(H,40,41)(H,34,36,37). The van der Waals surface area contributed by atoms with Crippen molar-refractivity contribution in [3.63, 3.8) is 0 Å². The Hall–Kier alpha value is -4.57. The molecule has 2 aromatic carbocycles. The van der Waals surface area contributed by atoms with Crippen LogP contribution in [0.3, 0.4) is 0 Å². The molecule has 5 aromatic rings. The molecule has 0 amide bonds. The summed E-state index contributed by atoms with van der Waals surface area (Å²) in [5, 5.41) is 26.8. The molecule has 1 aliphatic heterocycles. The lowest BCUT2D eigenvalue weighted by Gasteiger charge is -2.28. The molecule has 10 nitrogen and oxygen atoms in total. The number of benzene rings is 2. The van der Waals surface area contributed by atoms with Gasteiger partial charge in [0.1, 0.15) is 5.75 Å². The molecule has 0 atom stereocenters. The third kappa shape index (κ3) is 6.50.